The summed E-state index contributed by atoms with van der Waals surface area (Å²) in [5, 5.41) is 18.2. The fraction of sp³-hybridized carbons (Fsp3) is 0.158. The average Bonchev–Trinajstić information content (AvgIpc) is 2.91. The molecule has 0 aliphatic carbocycles. The molecule has 0 radical (unpaired) electrons. The highest BCUT2D eigenvalue weighted by molar-refractivity contribution is 6.27. The topological polar surface area (TPSA) is 78.2 Å². The molecule has 0 unspecified atom stereocenters. The number of aromatic nitrogens is 1. The largest absolute Gasteiger partial charge is 0.509 e. The number of amides is 1. The Morgan fingerprint density at radius 3 is 2.56 bits per heavy atom. The SMILES string of the molecule is CC(=N/N=C/c1ccncc1)C1=C(O)CN(c2ccc(C)cc2)C1=O. The van der Waals surface area contributed by atoms with Crippen LogP contribution in [0.5, 0.6) is 0 Å². The van der Waals surface area contributed by atoms with Crippen molar-refractivity contribution >= 4 is 23.5 Å². The van der Waals surface area contributed by atoms with Crippen LogP contribution in [0.3, 0.4) is 0 Å². The monoisotopic (exact) mass is 334 g/mol. The van der Waals surface area contributed by atoms with E-state index in [9.17, 15) is 9.90 Å². The van der Waals surface area contributed by atoms with Gasteiger partial charge >= 0.3 is 0 Å². The Kier molecular flexibility index (Phi) is 4.70. The van der Waals surface area contributed by atoms with Gasteiger partial charge in [0.25, 0.3) is 5.91 Å². The number of benzene rings is 1. The van der Waals surface area contributed by atoms with Crippen molar-refractivity contribution in [3.63, 3.8) is 0 Å². The maximum atomic E-state index is 12.6. The molecule has 1 aliphatic heterocycles. The summed E-state index contributed by atoms with van der Waals surface area (Å²) in [5.74, 6) is -0.271. The van der Waals surface area contributed by atoms with Crippen LogP contribution in [-0.2, 0) is 4.79 Å². The maximum Gasteiger partial charge on any atom is 0.264 e. The highest BCUT2D eigenvalue weighted by atomic mass is 16.3. The van der Waals surface area contributed by atoms with Gasteiger partial charge in [0.2, 0.25) is 0 Å². The van der Waals surface area contributed by atoms with Crippen LogP contribution in [0.1, 0.15) is 18.1 Å². The van der Waals surface area contributed by atoms with Crippen molar-refractivity contribution in [1.82, 2.24) is 4.98 Å². The van der Waals surface area contributed by atoms with Gasteiger partial charge in [0, 0.05) is 18.1 Å². The molecule has 0 saturated carbocycles. The van der Waals surface area contributed by atoms with E-state index < -0.39 is 0 Å². The zero-order chi connectivity index (χ0) is 17.8. The number of aryl methyl sites for hydroxylation is 1. The standard InChI is InChI=1S/C19H18N4O2/c1-13-3-5-16(6-4-13)23-12-17(24)18(19(23)25)14(2)22-21-11-15-7-9-20-10-8-15/h3-11,24H,12H2,1-2H3/b21-11+,22-14?. The minimum Gasteiger partial charge on any atom is -0.509 e. The smallest absolute Gasteiger partial charge is 0.264 e. The van der Waals surface area contributed by atoms with Crippen LogP contribution in [0.25, 0.3) is 0 Å². The van der Waals surface area contributed by atoms with Crippen LogP contribution in [-0.4, -0.2) is 34.5 Å². The number of rotatable bonds is 4. The molecule has 25 heavy (non-hydrogen) atoms. The minimum absolute atomic E-state index is 0.00550. The van der Waals surface area contributed by atoms with Crippen molar-refractivity contribution in [2.75, 3.05) is 11.4 Å². The van der Waals surface area contributed by atoms with Crippen LogP contribution in [0.15, 0.2) is 70.3 Å². The van der Waals surface area contributed by atoms with E-state index in [1.165, 1.54) is 4.90 Å². The lowest BCUT2D eigenvalue weighted by atomic mass is 10.1. The van der Waals surface area contributed by atoms with E-state index >= 15 is 0 Å². The highest BCUT2D eigenvalue weighted by Gasteiger charge is 2.33. The molecule has 1 aromatic carbocycles. The Bertz CT molecular complexity index is 868. The summed E-state index contributed by atoms with van der Waals surface area (Å²) >= 11 is 0. The zero-order valence-electron chi connectivity index (χ0n) is 14.0. The third kappa shape index (κ3) is 3.63. The first-order valence-electron chi connectivity index (χ1n) is 7.85. The number of carbonyl (C=O) groups is 1. The lowest BCUT2D eigenvalue weighted by molar-refractivity contribution is -0.114. The summed E-state index contributed by atoms with van der Waals surface area (Å²) in [6.07, 6.45) is 4.89. The van der Waals surface area contributed by atoms with Gasteiger partial charge in [-0.2, -0.15) is 10.2 Å². The minimum atomic E-state index is -0.276. The van der Waals surface area contributed by atoms with Crippen molar-refractivity contribution < 1.29 is 9.90 Å². The van der Waals surface area contributed by atoms with Crippen LogP contribution >= 0.6 is 0 Å². The van der Waals surface area contributed by atoms with Gasteiger partial charge in [-0.3, -0.25) is 9.78 Å². The van der Waals surface area contributed by atoms with Gasteiger partial charge in [-0.05, 0) is 43.7 Å². The Balaban J connectivity index is 1.78. The van der Waals surface area contributed by atoms with Gasteiger partial charge in [0.15, 0.2) is 0 Å². The fourth-order valence-corrected chi connectivity index (χ4v) is 2.54. The Hall–Kier alpha value is -3.28. The Morgan fingerprint density at radius 1 is 1.20 bits per heavy atom. The lowest BCUT2D eigenvalue weighted by Crippen LogP contribution is -2.28. The molecular formula is C19H18N4O2. The number of hydrogen-bond acceptors (Lipinski definition) is 5. The van der Waals surface area contributed by atoms with E-state index in [0.29, 0.717) is 5.71 Å². The van der Waals surface area contributed by atoms with Gasteiger partial charge in [-0.1, -0.05) is 17.7 Å². The first kappa shape index (κ1) is 16.6. The molecule has 6 nitrogen and oxygen atoms in total. The quantitative estimate of drug-likeness (QED) is 0.689. The van der Waals surface area contributed by atoms with E-state index in [0.717, 1.165) is 16.8 Å². The summed E-state index contributed by atoms with van der Waals surface area (Å²) in [6, 6.07) is 11.2. The Labute approximate surface area is 145 Å². The van der Waals surface area contributed by atoms with Gasteiger partial charge in [-0.25, -0.2) is 0 Å². The average molecular weight is 334 g/mol. The van der Waals surface area contributed by atoms with Crippen molar-refractivity contribution in [2.45, 2.75) is 13.8 Å². The number of anilines is 1. The van der Waals surface area contributed by atoms with E-state index in [-0.39, 0.29) is 23.8 Å². The van der Waals surface area contributed by atoms with Crippen LogP contribution < -0.4 is 4.90 Å². The summed E-state index contributed by atoms with van der Waals surface area (Å²) in [7, 11) is 0. The second-order valence-electron chi connectivity index (χ2n) is 5.76. The van der Waals surface area contributed by atoms with Crippen LogP contribution in [0.2, 0.25) is 0 Å². The van der Waals surface area contributed by atoms with E-state index in [1.807, 2.05) is 31.2 Å². The molecule has 1 aliphatic rings. The van der Waals surface area contributed by atoms with Gasteiger partial charge in [0.05, 0.1) is 18.5 Å². The van der Waals surface area contributed by atoms with Crippen molar-refractivity contribution in [1.29, 1.82) is 0 Å². The summed E-state index contributed by atoms with van der Waals surface area (Å²) in [6.45, 7) is 3.78. The molecule has 2 heterocycles. The first-order valence-corrected chi connectivity index (χ1v) is 7.85. The van der Waals surface area contributed by atoms with Crippen molar-refractivity contribution in [3.05, 3.63) is 71.3 Å². The van der Waals surface area contributed by atoms with Gasteiger partial charge in [-0.15, -0.1) is 0 Å². The molecule has 126 valence electrons. The predicted molar refractivity (Wildman–Crippen MR) is 98.1 cm³/mol. The molecule has 3 rings (SSSR count). The molecule has 1 amide bonds. The van der Waals surface area contributed by atoms with E-state index in [2.05, 4.69) is 15.2 Å². The third-order valence-electron chi connectivity index (χ3n) is 3.88. The molecule has 0 bridgehead atoms. The maximum absolute atomic E-state index is 12.6. The molecule has 0 fully saturated rings. The highest BCUT2D eigenvalue weighted by Crippen LogP contribution is 2.25. The second kappa shape index (κ2) is 7.09. The lowest BCUT2D eigenvalue weighted by Gasteiger charge is -2.16. The molecule has 1 N–H and O–H groups in total. The number of carbonyl (C=O) groups excluding carboxylic acids is 1. The second-order valence-corrected chi connectivity index (χ2v) is 5.76. The number of pyridine rings is 1. The number of nitrogens with zero attached hydrogens (tertiary/aromatic N) is 4. The molecule has 0 atom stereocenters. The summed E-state index contributed by atoms with van der Waals surface area (Å²) in [5.41, 5.74) is 3.28. The first-order chi connectivity index (χ1) is 12.1. The van der Waals surface area contributed by atoms with E-state index in [1.54, 1.807) is 37.7 Å². The summed E-state index contributed by atoms with van der Waals surface area (Å²) in [4.78, 5) is 18.1. The van der Waals surface area contributed by atoms with Crippen LogP contribution in [0.4, 0.5) is 5.69 Å². The molecule has 0 spiro atoms. The number of aliphatic hydroxyl groups excluding tert-OH is 1. The number of hydrogen-bond donors (Lipinski definition) is 1. The third-order valence-corrected chi connectivity index (χ3v) is 3.88. The summed E-state index contributed by atoms with van der Waals surface area (Å²) < 4.78 is 0. The Morgan fingerprint density at radius 2 is 1.88 bits per heavy atom. The zero-order valence-corrected chi connectivity index (χ0v) is 14.0. The predicted octanol–water partition coefficient (Wildman–Crippen LogP) is 3.04. The van der Waals surface area contributed by atoms with Crippen molar-refractivity contribution in [2.24, 2.45) is 10.2 Å². The van der Waals surface area contributed by atoms with Gasteiger partial charge < -0.3 is 10.0 Å². The molecular weight excluding hydrogens is 316 g/mol. The van der Waals surface area contributed by atoms with E-state index in [4.69, 9.17) is 0 Å². The molecule has 0 saturated heterocycles. The molecule has 1 aromatic heterocycles. The molecule has 2 aromatic rings. The van der Waals surface area contributed by atoms with Crippen LogP contribution in [0, 0.1) is 6.92 Å². The van der Waals surface area contributed by atoms with Gasteiger partial charge in [0.1, 0.15) is 11.3 Å². The normalized spacial score (nSPS) is 15.5. The number of aliphatic hydroxyl groups is 1. The van der Waals surface area contributed by atoms with Crippen molar-refractivity contribution in [3.8, 4) is 0 Å². The fourth-order valence-electron chi connectivity index (χ4n) is 2.54. The molecule has 6 heteroatoms.